The van der Waals surface area contributed by atoms with Gasteiger partial charge in [-0.15, -0.1) is 24.8 Å². The van der Waals surface area contributed by atoms with Crippen LogP contribution in [0.25, 0.3) is 11.1 Å². The molecule has 0 bridgehead atoms. The quantitative estimate of drug-likeness (QED) is 0.814. The van der Waals surface area contributed by atoms with Crippen molar-refractivity contribution in [3.8, 4) is 11.1 Å². The molecular weight excluding hydrogens is 381 g/mol. The zero-order valence-corrected chi connectivity index (χ0v) is 16.4. The van der Waals surface area contributed by atoms with Gasteiger partial charge >= 0.3 is 0 Å². The van der Waals surface area contributed by atoms with Crippen molar-refractivity contribution in [1.29, 1.82) is 0 Å². The van der Waals surface area contributed by atoms with Crippen molar-refractivity contribution in [2.24, 2.45) is 18.9 Å². The predicted molar refractivity (Wildman–Crippen MR) is 104 cm³/mol. The number of nitrogens with zero attached hydrogens (tertiary/aromatic N) is 2. The summed E-state index contributed by atoms with van der Waals surface area (Å²) in [5.74, 6) is -0.289. The molecule has 0 spiro atoms. The van der Waals surface area contributed by atoms with Crippen molar-refractivity contribution in [2.75, 3.05) is 18.4 Å². The highest BCUT2D eigenvalue weighted by Gasteiger charge is 2.37. The first kappa shape index (κ1) is 20.9. The molecule has 1 aromatic carbocycles. The second-order valence-electron chi connectivity index (χ2n) is 7.08. The molecule has 2 fully saturated rings. The second kappa shape index (κ2) is 8.11. The van der Waals surface area contributed by atoms with Crippen LogP contribution in [0.5, 0.6) is 0 Å². The first-order chi connectivity index (χ1) is 11.5. The summed E-state index contributed by atoms with van der Waals surface area (Å²) in [6, 6.07) is 3.51. The van der Waals surface area contributed by atoms with E-state index < -0.39 is 11.6 Å². The Bertz CT molecular complexity index is 769. The largest absolute Gasteiger partial charge is 0.380 e. The number of hydrogen-bond acceptors (Lipinski definition) is 3. The number of aromatic nitrogens is 2. The van der Waals surface area contributed by atoms with Gasteiger partial charge in [0.2, 0.25) is 0 Å². The number of fused-ring (bicyclic) bond motifs is 1. The lowest BCUT2D eigenvalue weighted by Crippen LogP contribution is -2.21. The monoisotopic (exact) mass is 404 g/mol. The SMILES string of the molecule is Cc1nn(C)cc1-c1ccc(NC2CC3CNC[C@H]3C2)c(F)c1F.Cl.Cl. The molecule has 4 nitrogen and oxygen atoms in total. The molecule has 1 aliphatic carbocycles. The number of anilines is 1. The van der Waals surface area contributed by atoms with Crippen LogP contribution in [0.15, 0.2) is 18.3 Å². The molecule has 26 heavy (non-hydrogen) atoms. The van der Waals surface area contributed by atoms with Crippen LogP contribution in [0, 0.1) is 30.4 Å². The van der Waals surface area contributed by atoms with E-state index in [-0.39, 0.29) is 42.1 Å². The third-order valence-electron chi connectivity index (χ3n) is 5.40. The van der Waals surface area contributed by atoms with Crippen molar-refractivity contribution in [2.45, 2.75) is 25.8 Å². The average Bonchev–Trinajstić information content (AvgIpc) is 3.19. The third kappa shape index (κ3) is 3.68. The molecule has 8 heteroatoms. The molecule has 144 valence electrons. The maximum absolute atomic E-state index is 14.6. The minimum Gasteiger partial charge on any atom is -0.380 e. The van der Waals surface area contributed by atoms with E-state index in [0.29, 0.717) is 23.1 Å². The fraction of sp³-hybridized carbons (Fsp3) is 0.500. The summed E-state index contributed by atoms with van der Waals surface area (Å²) in [5, 5.41) is 10.8. The smallest absolute Gasteiger partial charge is 0.182 e. The minimum atomic E-state index is -0.809. The maximum Gasteiger partial charge on any atom is 0.182 e. The van der Waals surface area contributed by atoms with Crippen molar-refractivity contribution in [3.05, 3.63) is 35.7 Å². The molecule has 1 saturated heterocycles. The van der Waals surface area contributed by atoms with E-state index in [4.69, 9.17) is 0 Å². The van der Waals surface area contributed by atoms with Gasteiger partial charge in [-0.05, 0) is 56.8 Å². The van der Waals surface area contributed by atoms with E-state index in [1.807, 2.05) is 0 Å². The lowest BCUT2D eigenvalue weighted by molar-refractivity contribution is 0.494. The van der Waals surface area contributed by atoms with Crippen molar-refractivity contribution in [3.63, 3.8) is 0 Å². The summed E-state index contributed by atoms with van der Waals surface area (Å²) in [5.41, 5.74) is 1.83. The topological polar surface area (TPSA) is 41.9 Å². The van der Waals surface area contributed by atoms with Gasteiger partial charge in [0.1, 0.15) is 0 Å². The lowest BCUT2D eigenvalue weighted by Gasteiger charge is -2.17. The normalized spacial score (nSPS) is 23.9. The summed E-state index contributed by atoms with van der Waals surface area (Å²) >= 11 is 0. The van der Waals surface area contributed by atoms with Gasteiger partial charge in [0.05, 0.1) is 11.4 Å². The van der Waals surface area contributed by atoms with Crippen LogP contribution < -0.4 is 10.6 Å². The fourth-order valence-electron chi connectivity index (χ4n) is 4.24. The highest BCUT2D eigenvalue weighted by Crippen LogP contribution is 2.37. The van der Waals surface area contributed by atoms with Gasteiger partial charge in [-0.1, -0.05) is 0 Å². The second-order valence-corrected chi connectivity index (χ2v) is 7.08. The number of nitrogens with one attached hydrogen (secondary N) is 2. The predicted octanol–water partition coefficient (Wildman–Crippen LogP) is 3.93. The zero-order chi connectivity index (χ0) is 16.8. The van der Waals surface area contributed by atoms with E-state index in [1.165, 1.54) is 0 Å². The molecule has 0 amide bonds. The lowest BCUT2D eigenvalue weighted by atomic mass is 10.0. The molecule has 0 radical (unpaired) electrons. The zero-order valence-electron chi connectivity index (χ0n) is 14.8. The fourth-order valence-corrected chi connectivity index (χ4v) is 4.24. The molecule has 1 aromatic heterocycles. The Morgan fingerprint density at radius 1 is 1.08 bits per heavy atom. The Balaban J connectivity index is 0.00000121. The summed E-state index contributed by atoms with van der Waals surface area (Å²) in [6.45, 7) is 3.88. The molecule has 2 unspecified atom stereocenters. The molecular formula is C18H24Cl2F2N4. The Hall–Kier alpha value is -1.37. The molecule has 2 aliphatic rings. The van der Waals surface area contributed by atoms with Crippen molar-refractivity contribution in [1.82, 2.24) is 15.1 Å². The average molecular weight is 405 g/mol. The number of hydrogen-bond donors (Lipinski definition) is 2. The Kier molecular flexibility index (Phi) is 6.53. The Morgan fingerprint density at radius 2 is 1.73 bits per heavy atom. The number of aryl methyl sites for hydroxylation is 2. The minimum absolute atomic E-state index is 0. The highest BCUT2D eigenvalue weighted by atomic mass is 35.5. The van der Waals surface area contributed by atoms with Crippen LogP contribution in [0.3, 0.4) is 0 Å². The van der Waals surface area contributed by atoms with E-state index in [9.17, 15) is 8.78 Å². The van der Waals surface area contributed by atoms with Gasteiger partial charge in [0.15, 0.2) is 11.6 Å². The van der Waals surface area contributed by atoms with Gasteiger partial charge in [-0.25, -0.2) is 8.78 Å². The van der Waals surface area contributed by atoms with Crippen molar-refractivity contribution < 1.29 is 8.78 Å². The highest BCUT2D eigenvalue weighted by molar-refractivity contribution is 5.85. The molecule has 2 heterocycles. The van der Waals surface area contributed by atoms with Gasteiger partial charge in [-0.2, -0.15) is 5.10 Å². The first-order valence-corrected chi connectivity index (χ1v) is 8.48. The van der Waals surface area contributed by atoms with Crippen LogP contribution in [-0.4, -0.2) is 28.9 Å². The molecule has 1 saturated carbocycles. The number of rotatable bonds is 3. The van der Waals surface area contributed by atoms with Gasteiger partial charge < -0.3 is 10.6 Å². The molecule has 2 N–H and O–H groups in total. The Morgan fingerprint density at radius 3 is 2.31 bits per heavy atom. The summed E-state index contributed by atoms with van der Waals surface area (Å²) in [7, 11) is 1.77. The standard InChI is InChI=1S/C18H22F2N4.2ClH/c1-10-15(9-24(2)23-10)14-3-4-16(18(20)17(14)19)22-13-5-11-7-21-8-12(11)6-13;;/h3-4,9,11-13,21-22H,5-8H2,1-2H3;2*1H/t11-,12?,13?;;/m1../s1. The van der Waals surface area contributed by atoms with Crippen molar-refractivity contribution >= 4 is 30.5 Å². The molecule has 4 rings (SSSR count). The molecule has 3 atom stereocenters. The van der Waals surface area contributed by atoms with E-state index in [0.717, 1.165) is 25.9 Å². The van der Waals surface area contributed by atoms with E-state index in [2.05, 4.69) is 15.7 Å². The van der Waals surface area contributed by atoms with Crippen LogP contribution in [0.1, 0.15) is 18.5 Å². The molecule has 2 aromatic rings. The summed E-state index contributed by atoms with van der Waals surface area (Å²) < 4.78 is 30.7. The van der Waals surface area contributed by atoms with Crippen LogP contribution in [-0.2, 0) is 7.05 Å². The van der Waals surface area contributed by atoms with Gasteiger partial charge in [0.25, 0.3) is 0 Å². The summed E-state index contributed by atoms with van der Waals surface area (Å²) in [4.78, 5) is 0. The first-order valence-electron chi connectivity index (χ1n) is 8.48. The van der Waals surface area contributed by atoms with Crippen LogP contribution >= 0.6 is 24.8 Å². The Labute approximate surface area is 164 Å². The van der Waals surface area contributed by atoms with Gasteiger partial charge in [-0.3, -0.25) is 4.68 Å². The van der Waals surface area contributed by atoms with E-state index in [1.54, 1.807) is 37.0 Å². The third-order valence-corrected chi connectivity index (χ3v) is 5.40. The summed E-state index contributed by atoms with van der Waals surface area (Å²) in [6.07, 6.45) is 3.75. The van der Waals surface area contributed by atoms with Gasteiger partial charge in [0, 0.05) is 30.4 Å². The van der Waals surface area contributed by atoms with Crippen LogP contribution in [0.2, 0.25) is 0 Å². The number of benzene rings is 1. The molecule has 1 aliphatic heterocycles. The maximum atomic E-state index is 14.6. The number of halogens is 4. The van der Waals surface area contributed by atoms with E-state index >= 15 is 0 Å². The van der Waals surface area contributed by atoms with Crippen LogP contribution in [0.4, 0.5) is 14.5 Å².